The summed E-state index contributed by atoms with van der Waals surface area (Å²) >= 11 is 10.8. The van der Waals surface area contributed by atoms with Crippen LogP contribution in [0.2, 0.25) is 5.02 Å². The van der Waals surface area contributed by atoms with E-state index in [1.807, 2.05) is 6.92 Å². The highest BCUT2D eigenvalue weighted by atomic mass is 35.5. The number of aromatic nitrogens is 2. The van der Waals surface area contributed by atoms with Crippen LogP contribution in [0.15, 0.2) is 24.4 Å². The molecule has 0 bridgehead atoms. The number of imidazole rings is 1. The Morgan fingerprint density at radius 3 is 2.67 bits per heavy atom. The minimum Gasteiger partial charge on any atom is -0.335 e. The van der Waals surface area contributed by atoms with Crippen LogP contribution in [0, 0.1) is 17.5 Å². The predicted molar refractivity (Wildman–Crippen MR) is 60.7 cm³/mol. The van der Waals surface area contributed by atoms with Gasteiger partial charge in [-0.3, -0.25) is 4.57 Å². The van der Waals surface area contributed by atoms with Crippen molar-refractivity contribution in [3.05, 3.63) is 45.7 Å². The molecule has 1 aromatic carbocycles. The van der Waals surface area contributed by atoms with Gasteiger partial charge in [0.05, 0.1) is 5.69 Å². The maximum absolute atomic E-state index is 13.1. The molecule has 0 atom stereocenters. The summed E-state index contributed by atoms with van der Waals surface area (Å²) in [5.41, 5.74) is 1.54. The molecule has 0 amide bonds. The molecule has 2 aromatic rings. The Morgan fingerprint density at radius 1 is 1.40 bits per heavy atom. The summed E-state index contributed by atoms with van der Waals surface area (Å²) in [5.74, 6) is -0.377. The molecular weight excluding hydrogens is 235 g/mol. The van der Waals surface area contributed by atoms with E-state index in [-0.39, 0.29) is 5.82 Å². The maximum atomic E-state index is 13.1. The molecule has 0 radical (unpaired) electrons. The molecule has 78 valence electrons. The van der Waals surface area contributed by atoms with Gasteiger partial charge in [0, 0.05) is 16.9 Å². The van der Waals surface area contributed by atoms with Crippen LogP contribution in [-0.2, 0) is 0 Å². The minimum atomic E-state index is -0.377. The monoisotopic (exact) mass is 242 g/mol. The van der Waals surface area contributed by atoms with Crippen molar-refractivity contribution in [3.63, 3.8) is 0 Å². The molecule has 1 heterocycles. The molecule has 0 fully saturated rings. The Hall–Kier alpha value is -1.13. The van der Waals surface area contributed by atoms with Gasteiger partial charge in [-0.25, -0.2) is 4.39 Å². The lowest BCUT2D eigenvalue weighted by Gasteiger charge is -2.02. The number of nitrogens with zero attached hydrogens (tertiary/aromatic N) is 1. The SMILES string of the molecule is Cc1cn(-c2cc(F)cc(Cl)c2)c(=S)[nH]1. The standard InChI is InChI=1S/C10H8ClFN2S/c1-6-5-14(10(15)13-6)9-3-7(11)2-8(12)4-9/h2-5H,1H3,(H,13,15). The van der Waals surface area contributed by atoms with Gasteiger partial charge >= 0.3 is 0 Å². The van der Waals surface area contributed by atoms with Crippen molar-refractivity contribution in [3.8, 4) is 5.69 Å². The lowest BCUT2D eigenvalue weighted by molar-refractivity contribution is 0.626. The molecule has 0 saturated heterocycles. The van der Waals surface area contributed by atoms with Crippen molar-refractivity contribution in [1.82, 2.24) is 9.55 Å². The second-order valence-corrected chi connectivity index (χ2v) is 4.06. The lowest BCUT2D eigenvalue weighted by Crippen LogP contribution is -1.93. The molecule has 0 saturated carbocycles. The van der Waals surface area contributed by atoms with Crippen molar-refractivity contribution in [1.29, 1.82) is 0 Å². The van der Waals surface area contributed by atoms with Gasteiger partial charge in [0.2, 0.25) is 0 Å². The van der Waals surface area contributed by atoms with Gasteiger partial charge in [0.25, 0.3) is 0 Å². The van der Waals surface area contributed by atoms with Gasteiger partial charge in [0.1, 0.15) is 5.82 Å². The number of halogens is 2. The Labute approximate surface area is 96.3 Å². The van der Waals surface area contributed by atoms with E-state index in [1.54, 1.807) is 16.8 Å². The fourth-order valence-electron chi connectivity index (χ4n) is 1.38. The van der Waals surface area contributed by atoms with Gasteiger partial charge in [0.15, 0.2) is 4.77 Å². The second kappa shape index (κ2) is 3.79. The molecular formula is C10H8ClFN2S. The summed E-state index contributed by atoms with van der Waals surface area (Å²) in [6.45, 7) is 1.88. The number of nitrogens with one attached hydrogen (secondary N) is 1. The number of H-pyrrole nitrogens is 1. The van der Waals surface area contributed by atoms with Crippen LogP contribution < -0.4 is 0 Å². The van der Waals surface area contributed by atoms with Crippen molar-refractivity contribution in [2.24, 2.45) is 0 Å². The smallest absolute Gasteiger partial charge is 0.181 e. The van der Waals surface area contributed by atoms with Gasteiger partial charge in [-0.2, -0.15) is 0 Å². The zero-order chi connectivity index (χ0) is 11.0. The highest BCUT2D eigenvalue weighted by Crippen LogP contribution is 2.18. The van der Waals surface area contributed by atoms with Crippen LogP contribution >= 0.6 is 23.8 Å². The first-order valence-electron chi connectivity index (χ1n) is 4.31. The Morgan fingerprint density at radius 2 is 2.13 bits per heavy atom. The first-order valence-corrected chi connectivity index (χ1v) is 5.09. The molecule has 0 aliphatic carbocycles. The molecule has 1 N–H and O–H groups in total. The van der Waals surface area contributed by atoms with Gasteiger partial charge in [-0.15, -0.1) is 0 Å². The third kappa shape index (κ3) is 2.11. The zero-order valence-electron chi connectivity index (χ0n) is 7.92. The number of hydrogen-bond acceptors (Lipinski definition) is 1. The molecule has 5 heteroatoms. The number of benzene rings is 1. The summed E-state index contributed by atoms with van der Waals surface area (Å²) in [7, 11) is 0. The molecule has 1 aromatic heterocycles. The van der Waals surface area contributed by atoms with Crippen molar-refractivity contribution in [2.75, 3.05) is 0 Å². The van der Waals surface area contributed by atoms with Gasteiger partial charge in [-0.05, 0) is 37.3 Å². The normalized spacial score (nSPS) is 10.6. The van der Waals surface area contributed by atoms with E-state index in [0.29, 0.717) is 15.5 Å². The molecule has 2 nitrogen and oxygen atoms in total. The number of aryl methyl sites for hydroxylation is 1. The molecule has 0 unspecified atom stereocenters. The lowest BCUT2D eigenvalue weighted by atomic mass is 10.3. The maximum Gasteiger partial charge on any atom is 0.181 e. The summed E-state index contributed by atoms with van der Waals surface area (Å²) in [5, 5.41) is 0.353. The molecule has 0 aliphatic heterocycles. The van der Waals surface area contributed by atoms with Crippen LogP contribution in [0.5, 0.6) is 0 Å². The number of rotatable bonds is 1. The first-order chi connectivity index (χ1) is 7.06. The summed E-state index contributed by atoms with van der Waals surface area (Å²) in [4.78, 5) is 2.96. The molecule has 2 rings (SSSR count). The fourth-order valence-corrected chi connectivity index (χ4v) is 1.92. The van der Waals surface area contributed by atoms with Gasteiger partial charge in [-0.1, -0.05) is 11.6 Å². The van der Waals surface area contributed by atoms with Crippen molar-refractivity contribution >= 4 is 23.8 Å². The minimum absolute atomic E-state index is 0.353. The summed E-state index contributed by atoms with van der Waals surface area (Å²) in [6, 6.07) is 4.30. The quantitative estimate of drug-likeness (QED) is 0.758. The third-order valence-electron chi connectivity index (χ3n) is 1.97. The Bertz CT molecular complexity index is 539. The molecule has 0 spiro atoms. The van der Waals surface area contributed by atoms with E-state index in [2.05, 4.69) is 4.98 Å². The average Bonchev–Trinajstić information content (AvgIpc) is 2.43. The van der Waals surface area contributed by atoms with E-state index >= 15 is 0 Å². The summed E-state index contributed by atoms with van der Waals surface area (Å²) in [6.07, 6.45) is 1.80. The second-order valence-electron chi connectivity index (χ2n) is 3.24. The topological polar surface area (TPSA) is 20.7 Å². The third-order valence-corrected chi connectivity index (χ3v) is 2.49. The zero-order valence-corrected chi connectivity index (χ0v) is 9.49. The molecule has 0 aliphatic rings. The molecule has 15 heavy (non-hydrogen) atoms. The number of hydrogen-bond donors (Lipinski definition) is 1. The van der Waals surface area contributed by atoms with E-state index in [9.17, 15) is 4.39 Å². The highest BCUT2D eigenvalue weighted by Gasteiger charge is 2.03. The average molecular weight is 243 g/mol. The Balaban J connectivity index is 2.63. The van der Waals surface area contributed by atoms with E-state index in [4.69, 9.17) is 23.8 Å². The fraction of sp³-hybridized carbons (Fsp3) is 0.100. The van der Waals surface area contributed by atoms with Crippen LogP contribution in [0.25, 0.3) is 5.69 Å². The van der Waals surface area contributed by atoms with Crippen LogP contribution in [-0.4, -0.2) is 9.55 Å². The van der Waals surface area contributed by atoms with Crippen LogP contribution in [0.3, 0.4) is 0 Å². The largest absolute Gasteiger partial charge is 0.335 e. The number of aromatic amines is 1. The summed E-state index contributed by atoms with van der Waals surface area (Å²) < 4.78 is 15.3. The van der Waals surface area contributed by atoms with Gasteiger partial charge < -0.3 is 4.98 Å². The van der Waals surface area contributed by atoms with Crippen molar-refractivity contribution < 1.29 is 4.39 Å². The predicted octanol–water partition coefficient (Wildman–Crippen LogP) is 3.64. The van der Waals surface area contributed by atoms with Crippen LogP contribution in [0.4, 0.5) is 4.39 Å². The van der Waals surface area contributed by atoms with E-state index in [1.165, 1.54) is 12.1 Å². The van der Waals surface area contributed by atoms with E-state index in [0.717, 1.165) is 5.69 Å². The highest BCUT2D eigenvalue weighted by molar-refractivity contribution is 7.71. The Kier molecular flexibility index (Phi) is 2.63. The van der Waals surface area contributed by atoms with E-state index < -0.39 is 0 Å². The van der Waals surface area contributed by atoms with Crippen LogP contribution in [0.1, 0.15) is 5.69 Å². The van der Waals surface area contributed by atoms with Crippen molar-refractivity contribution in [2.45, 2.75) is 6.92 Å². The first kappa shape index (κ1) is 10.4.